The highest BCUT2D eigenvalue weighted by Crippen LogP contribution is 2.09. The topological polar surface area (TPSA) is 78.9 Å². The van der Waals surface area contributed by atoms with Gasteiger partial charge in [-0.15, -0.1) is 0 Å². The first kappa shape index (κ1) is 67.2. The summed E-state index contributed by atoms with van der Waals surface area (Å²) >= 11 is 0. The Hall–Kier alpha value is -5.75. The third-order valence-corrected chi connectivity index (χ3v) is 10.6. The molecule has 0 amide bonds. The Morgan fingerprint density at radius 1 is 0.274 bits per heavy atom. The van der Waals surface area contributed by atoms with E-state index in [0.29, 0.717) is 12.8 Å². The zero-order valence-electron chi connectivity index (χ0n) is 45.8. The molecule has 1 atom stereocenters. The highest BCUT2D eigenvalue weighted by molar-refractivity contribution is 5.71. The minimum atomic E-state index is -0.863. The number of rotatable bonds is 47. The van der Waals surface area contributed by atoms with Gasteiger partial charge < -0.3 is 14.2 Å². The van der Waals surface area contributed by atoms with Crippen LogP contribution in [0.3, 0.4) is 0 Å². The molecule has 0 aliphatic rings. The van der Waals surface area contributed by atoms with Gasteiger partial charge >= 0.3 is 17.9 Å². The molecule has 0 heterocycles. The second-order valence-corrected chi connectivity index (χ2v) is 17.3. The Morgan fingerprint density at radius 3 is 0.849 bits per heavy atom. The molecule has 0 aliphatic carbocycles. The molecule has 6 nitrogen and oxygen atoms in total. The summed E-state index contributed by atoms with van der Waals surface area (Å²) in [5, 5.41) is 0. The van der Waals surface area contributed by atoms with E-state index >= 15 is 0 Å². The molecule has 0 N–H and O–H groups in total. The first-order valence-corrected chi connectivity index (χ1v) is 27.9. The van der Waals surface area contributed by atoms with E-state index in [1.807, 2.05) is 12.2 Å². The van der Waals surface area contributed by atoms with Crippen LogP contribution in [0.15, 0.2) is 194 Å². The molecule has 0 rings (SSSR count). The van der Waals surface area contributed by atoms with Crippen LogP contribution in [0.1, 0.15) is 188 Å². The Labute approximate surface area is 446 Å². The van der Waals surface area contributed by atoms with Crippen LogP contribution < -0.4 is 0 Å². The normalized spacial score (nSPS) is 13.6. The summed E-state index contributed by atoms with van der Waals surface area (Å²) < 4.78 is 16.6. The van der Waals surface area contributed by atoms with E-state index in [2.05, 4.69) is 203 Å². The lowest BCUT2D eigenvalue weighted by molar-refractivity contribution is -0.166. The SMILES string of the molecule is CC/C=C\C/C=C\C/C=C\C/C=C\C/C=C\C/C=C\C/C=C\C/C=C\C/C=C\CCCC(=O)OCC(COC(=O)CCCCC/C=C\C/C=C\C/C=C\CC)OC(=O)CC/C=C\C/C=C\C/C=C\C/C=C\CC. The maximum absolute atomic E-state index is 12.8. The summed E-state index contributed by atoms with van der Waals surface area (Å²) in [5.41, 5.74) is 0. The second-order valence-electron chi connectivity index (χ2n) is 17.3. The number of hydrogen-bond acceptors (Lipinski definition) is 6. The van der Waals surface area contributed by atoms with E-state index in [1.54, 1.807) is 0 Å². The zero-order chi connectivity index (χ0) is 52.9. The summed E-state index contributed by atoms with van der Waals surface area (Å²) in [6.45, 7) is 6.12. The standard InChI is InChI=1S/C67H98O6/c1-4-7-10-13-16-19-22-25-26-27-28-29-30-31-32-33-34-35-36-37-38-39-40-43-45-48-51-54-57-60-66(69)72-63-64(73-67(70)61-58-55-52-49-46-42-24-21-18-15-12-9-6-3)62-71-65(68)59-56-53-50-47-44-41-23-20-17-14-11-8-5-2/h7-12,16-21,25-26,28-29,31-32,34-35,37-38,40-44,46,48,51-52,55,64H,4-6,13-15,22-24,27,30,33,36,39,45,47,49-50,53-54,56-63H2,1-3H3/b10-7-,11-8-,12-9-,19-16-,20-17-,21-18-,26-25-,29-28-,32-31-,35-34-,38-37-,43-40-,44-41-,46-42-,51-48-,55-52-. The largest absolute Gasteiger partial charge is 0.462 e. The van der Waals surface area contributed by atoms with Crippen LogP contribution in [0, 0.1) is 0 Å². The summed E-state index contributed by atoms with van der Waals surface area (Å²) in [6.07, 6.45) is 90.2. The molecule has 73 heavy (non-hydrogen) atoms. The van der Waals surface area contributed by atoms with Gasteiger partial charge in [0.2, 0.25) is 0 Å². The smallest absolute Gasteiger partial charge is 0.306 e. The van der Waals surface area contributed by atoms with Crippen LogP contribution in [0.4, 0.5) is 0 Å². The molecule has 0 saturated heterocycles. The molecule has 0 radical (unpaired) electrons. The first-order chi connectivity index (χ1) is 36.0. The number of ether oxygens (including phenoxy) is 3. The molecule has 0 aromatic heterocycles. The molecule has 0 aromatic carbocycles. The van der Waals surface area contributed by atoms with E-state index in [9.17, 15) is 14.4 Å². The second kappa shape index (κ2) is 58.8. The molecule has 0 aromatic rings. The fourth-order valence-corrected chi connectivity index (χ4v) is 6.53. The van der Waals surface area contributed by atoms with Crippen molar-refractivity contribution in [2.45, 2.75) is 194 Å². The fraction of sp³-hybridized carbons (Fsp3) is 0.478. The van der Waals surface area contributed by atoms with Crippen LogP contribution in [-0.4, -0.2) is 37.2 Å². The van der Waals surface area contributed by atoms with Gasteiger partial charge in [0.25, 0.3) is 0 Å². The van der Waals surface area contributed by atoms with Crippen LogP contribution in [-0.2, 0) is 28.6 Å². The lowest BCUT2D eigenvalue weighted by Gasteiger charge is -2.18. The van der Waals surface area contributed by atoms with Crippen molar-refractivity contribution < 1.29 is 28.6 Å². The van der Waals surface area contributed by atoms with Gasteiger partial charge in [-0.3, -0.25) is 14.4 Å². The Morgan fingerprint density at radius 2 is 0.534 bits per heavy atom. The Kier molecular flexibility index (Phi) is 54.2. The van der Waals surface area contributed by atoms with Gasteiger partial charge in [-0.25, -0.2) is 0 Å². The number of carbonyl (C=O) groups excluding carboxylic acids is 3. The van der Waals surface area contributed by atoms with Gasteiger partial charge in [0.15, 0.2) is 6.10 Å². The van der Waals surface area contributed by atoms with Crippen LogP contribution in [0.5, 0.6) is 0 Å². The molecule has 402 valence electrons. The molecule has 1 unspecified atom stereocenters. The van der Waals surface area contributed by atoms with Crippen molar-refractivity contribution >= 4 is 17.9 Å². The van der Waals surface area contributed by atoms with E-state index in [1.165, 1.54) is 0 Å². The third-order valence-electron chi connectivity index (χ3n) is 10.6. The maximum atomic E-state index is 12.8. The van der Waals surface area contributed by atoms with Gasteiger partial charge in [-0.2, -0.15) is 0 Å². The predicted molar refractivity (Wildman–Crippen MR) is 315 cm³/mol. The monoisotopic (exact) mass is 999 g/mol. The van der Waals surface area contributed by atoms with Crippen molar-refractivity contribution in [3.63, 3.8) is 0 Å². The number of allylic oxidation sites excluding steroid dienone is 32. The van der Waals surface area contributed by atoms with Crippen LogP contribution in [0.2, 0.25) is 0 Å². The highest BCUT2D eigenvalue weighted by atomic mass is 16.6. The summed E-state index contributed by atoms with van der Waals surface area (Å²) in [5.74, 6) is -1.14. The first-order valence-electron chi connectivity index (χ1n) is 27.9. The van der Waals surface area contributed by atoms with Crippen molar-refractivity contribution in [2.24, 2.45) is 0 Å². The van der Waals surface area contributed by atoms with Gasteiger partial charge in [0, 0.05) is 19.3 Å². The molecule has 0 spiro atoms. The van der Waals surface area contributed by atoms with E-state index in [-0.39, 0.29) is 44.4 Å². The average molecular weight is 1000 g/mol. The van der Waals surface area contributed by atoms with Crippen LogP contribution >= 0.6 is 0 Å². The molecule has 0 bridgehead atoms. The van der Waals surface area contributed by atoms with Gasteiger partial charge in [0.1, 0.15) is 13.2 Å². The number of hydrogen-bond donors (Lipinski definition) is 0. The fourth-order valence-electron chi connectivity index (χ4n) is 6.53. The van der Waals surface area contributed by atoms with Crippen molar-refractivity contribution in [1.29, 1.82) is 0 Å². The summed E-state index contributed by atoms with van der Waals surface area (Å²) in [4.78, 5) is 38.0. The Balaban J connectivity index is 4.52. The minimum Gasteiger partial charge on any atom is -0.462 e. The number of unbranched alkanes of at least 4 members (excludes halogenated alkanes) is 4. The molecule has 0 saturated carbocycles. The third kappa shape index (κ3) is 57.0. The molecular weight excluding hydrogens is 901 g/mol. The highest BCUT2D eigenvalue weighted by Gasteiger charge is 2.19. The van der Waals surface area contributed by atoms with E-state index in [4.69, 9.17) is 14.2 Å². The molecule has 0 aliphatic heterocycles. The van der Waals surface area contributed by atoms with Crippen molar-refractivity contribution in [3.05, 3.63) is 194 Å². The van der Waals surface area contributed by atoms with Crippen molar-refractivity contribution in [1.82, 2.24) is 0 Å². The summed E-state index contributed by atoms with van der Waals surface area (Å²) in [7, 11) is 0. The number of carbonyl (C=O) groups is 3. The molecule has 0 fully saturated rings. The lowest BCUT2D eigenvalue weighted by Crippen LogP contribution is -2.30. The van der Waals surface area contributed by atoms with Crippen molar-refractivity contribution in [2.75, 3.05) is 13.2 Å². The molecular formula is C67H98O6. The van der Waals surface area contributed by atoms with Crippen molar-refractivity contribution in [3.8, 4) is 0 Å². The lowest BCUT2D eigenvalue weighted by atomic mass is 10.1. The number of esters is 3. The Bertz CT molecular complexity index is 1810. The quantitative estimate of drug-likeness (QED) is 0.0262. The van der Waals surface area contributed by atoms with Gasteiger partial charge in [0.05, 0.1) is 0 Å². The minimum absolute atomic E-state index is 0.151. The average Bonchev–Trinajstić information content (AvgIpc) is 3.39. The molecule has 6 heteroatoms. The zero-order valence-corrected chi connectivity index (χ0v) is 45.8. The predicted octanol–water partition coefficient (Wildman–Crippen LogP) is 19.1. The van der Waals surface area contributed by atoms with Crippen LogP contribution in [0.25, 0.3) is 0 Å². The van der Waals surface area contributed by atoms with Gasteiger partial charge in [-0.05, 0) is 141 Å². The summed E-state index contributed by atoms with van der Waals surface area (Å²) in [6, 6.07) is 0. The van der Waals surface area contributed by atoms with E-state index < -0.39 is 12.1 Å². The van der Waals surface area contributed by atoms with Gasteiger partial charge in [-0.1, -0.05) is 222 Å². The van der Waals surface area contributed by atoms with E-state index in [0.717, 1.165) is 135 Å². The maximum Gasteiger partial charge on any atom is 0.306 e.